The first-order chi connectivity index (χ1) is 13.5. The molecule has 2 fully saturated rings. The standard InChI is InChI=1S/C25H32FNO/c1-19-5-4-6-20(17-19)23(27)11-14-24(21-7-9-22(26)10-8-21)15-16-28-25(18-24)12-2-3-13-25/h4-10,17,23H,2-3,11-16,18,27H2,1H3/t23?,24-/m0/s1. The van der Waals surface area contributed by atoms with E-state index in [9.17, 15) is 4.39 Å². The fraction of sp³-hybridized carbons (Fsp3) is 0.520. The second-order valence-electron chi connectivity index (χ2n) is 9.01. The van der Waals surface area contributed by atoms with Gasteiger partial charge in [-0.1, -0.05) is 54.8 Å². The van der Waals surface area contributed by atoms with Crippen LogP contribution in [0.4, 0.5) is 4.39 Å². The fourth-order valence-corrected chi connectivity index (χ4v) is 5.47. The van der Waals surface area contributed by atoms with Gasteiger partial charge in [-0.05, 0) is 68.7 Å². The Balaban J connectivity index is 1.59. The zero-order chi connectivity index (χ0) is 19.6. The lowest BCUT2D eigenvalue weighted by Gasteiger charge is -2.47. The molecule has 1 spiro atoms. The number of rotatable bonds is 5. The SMILES string of the molecule is Cc1cccc(C(N)CC[C@]2(c3ccc(F)cc3)CCOC3(CCCC3)C2)c1. The molecule has 1 saturated heterocycles. The van der Waals surface area contributed by atoms with Crippen molar-refractivity contribution >= 4 is 0 Å². The molecule has 1 saturated carbocycles. The maximum absolute atomic E-state index is 13.6. The molecule has 2 nitrogen and oxygen atoms in total. The van der Waals surface area contributed by atoms with Gasteiger partial charge in [-0.25, -0.2) is 4.39 Å². The highest BCUT2D eigenvalue weighted by Crippen LogP contribution is 2.51. The van der Waals surface area contributed by atoms with E-state index in [1.165, 1.54) is 29.5 Å². The van der Waals surface area contributed by atoms with Gasteiger partial charge in [-0.3, -0.25) is 0 Å². The van der Waals surface area contributed by atoms with Crippen LogP contribution in [0, 0.1) is 12.7 Å². The summed E-state index contributed by atoms with van der Waals surface area (Å²) in [6.07, 6.45) is 8.77. The molecule has 2 N–H and O–H groups in total. The minimum absolute atomic E-state index is 0.0140. The van der Waals surface area contributed by atoms with Crippen molar-refractivity contribution in [2.75, 3.05) is 6.61 Å². The van der Waals surface area contributed by atoms with Gasteiger partial charge in [0.05, 0.1) is 5.60 Å². The first-order valence-electron chi connectivity index (χ1n) is 10.7. The zero-order valence-corrected chi connectivity index (χ0v) is 16.9. The Morgan fingerprint density at radius 2 is 1.82 bits per heavy atom. The molecule has 2 aromatic rings. The second-order valence-corrected chi connectivity index (χ2v) is 9.01. The van der Waals surface area contributed by atoms with Gasteiger partial charge in [0.15, 0.2) is 0 Å². The number of benzene rings is 2. The molecule has 2 atom stereocenters. The zero-order valence-electron chi connectivity index (χ0n) is 16.9. The minimum Gasteiger partial charge on any atom is -0.375 e. The number of hydrogen-bond acceptors (Lipinski definition) is 2. The number of halogens is 1. The van der Waals surface area contributed by atoms with E-state index >= 15 is 0 Å². The van der Waals surface area contributed by atoms with Gasteiger partial charge < -0.3 is 10.5 Å². The third kappa shape index (κ3) is 4.01. The Morgan fingerprint density at radius 3 is 2.54 bits per heavy atom. The summed E-state index contributed by atoms with van der Waals surface area (Å²) in [5, 5.41) is 0. The molecule has 1 aliphatic carbocycles. The third-order valence-electron chi connectivity index (χ3n) is 7.02. The predicted octanol–water partition coefficient (Wildman–Crippen LogP) is 5.98. The average molecular weight is 382 g/mol. The normalized spacial score (nSPS) is 25.1. The fourth-order valence-electron chi connectivity index (χ4n) is 5.47. The third-order valence-corrected chi connectivity index (χ3v) is 7.02. The smallest absolute Gasteiger partial charge is 0.123 e. The summed E-state index contributed by atoms with van der Waals surface area (Å²) < 4.78 is 19.9. The van der Waals surface area contributed by atoms with E-state index in [0.717, 1.165) is 45.1 Å². The Morgan fingerprint density at radius 1 is 1.07 bits per heavy atom. The summed E-state index contributed by atoms with van der Waals surface area (Å²) in [4.78, 5) is 0. The van der Waals surface area contributed by atoms with Crippen molar-refractivity contribution < 1.29 is 9.13 Å². The summed E-state index contributed by atoms with van der Waals surface area (Å²) in [6.45, 7) is 2.90. The van der Waals surface area contributed by atoms with Gasteiger partial charge in [-0.15, -0.1) is 0 Å². The summed E-state index contributed by atoms with van der Waals surface area (Å²) >= 11 is 0. The molecule has 2 aromatic carbocycles. The molecule has 1 heterocycles. The van der Waals surface area contributed by atoms with E-state index in [1.54, 1.807) is 12.1 Å². The van der Waals surface area contributed by atoms with Crippen LogP contribution in [0.15, 0.2) is 48.5 Å². The Bertz CT molecular complexity index is 796. The molecule has 0 radical (unpaired) electrons. The Kier molecular flexibility index (Phi) is 5.57. The van der Waals surface area contributed by atoms with Crippen LogP contribution in [0.3, 0.4) is 0 Å². The van der Waals surface area contributed by atoms with Crippen molar-refractivity contribution in [2.24, 2.45) is 5.73 Å². The van der Waals surface area contributed by atoms with Crippen LogP contribution in [0.2, 0.25) is 0 Å². The van der Waals surface area contributed by atoms with E-state index in [2.05, 4.69) is 31.2 Å². The van der Waals surface area contributed by atoms with Crippen LogP contribution in [0.5, 0.6) is 0 Å². The van der Waals surface area contributed by atoms with Crippen molar-refractivity contribution in [3.8, 4) is 0 Å². The Labute approximate surface area is 168 Å². The molecular weight excluding hydrogens is 349 g/mol. The molecule has 28 heavy (non-hydrogen) atoms. The van der Waals surface area contributed by atoms with Crippen LogP contribution in [0.25, 0.3) is 0 Å². The highest BCUT2D eigenvalue weighted by molar-refractivity contribution is 5.29. The van der Waals surface area contributed by atoms with E-state index in [1.807, 2.05) is 12.1 Å². The maximum Gasteiger partial charge on any atom is 0.123 e. The van der Waals surface area contributed by atoms with E-state index in [4.69, 9.17) is 10.5 Å². The van der Waals surface area contributed by atoms with Crippen molar-refractivity contribution in [3.05, 3.63) is 71.0 Å². The lowest BCUT2D eigenvalue weighted by atomic mass is 9.65. The molecular formula is C25H32FNO. The number of hydrogen-bond donors (Lipinski definition) is 1. The molecule has 150 valence electrons. The van der Waals surface area contributed by atoms with Gasteiger partial charge >= 0.3 is 0 Å². The number of ether oxygens (including phenoxy) is 1. The van der Waals surface area contributed by atoms with Gasteiger partial charge in [-0.2, -0.15) is 0 Å². The largest absolute Gasteiger partial charge is 0.375 e. The average Bonchev–Trinajstić information content (AvgIpc) is 3.14. The molecule has 0 amide bonds. The summed E-state index contributed by atoms with van der Waals surface area (Å²) in [6, 6.07) is 15.7. The molecule has 4 rings (SSSR count). The molecule has 1 aliphatic heterocycles. The summed E-state index contributed by atoms with van der Waals surface area (Å²) in [5.74, 6) is -0.169. The molecule has 2 aliphatic rings. The van der Waals surface area contributed by atoms with E-state index < -0.39 is 0 Å². The number of nitrogens with two attached hydrogens (primary N) is 1. The Hall–Kier alpha value is -1.71. The highest BCUT2D eigenvalue weighted by atomic mass is 19.1. The maximum atomic E-state index is 13.6. The first-order valence-corrected chi connectivity index (χ1v) is 10.7. The second kappa shape index (κ2) is 7.96. The molecule has 0 aromatic heterocycles. The summed E-state index contributed by atoms with van der Waals surface area (Å²) in [7, 11) is 0. The lowest BCUT2D eigenvalue weighted by Crippen LogP contribution is -2.46. The topological polar surface area (TPSA) is 35.2 Å². The first kappa shape index (κ1) is 19.6. The molecule has 3 heteroatoms. The highest BCUT2D eigenvalue weighted by Gasteiger charge is 2.47. The van der Waals surface area contributed by atoms with E-state index in [0.29, 0.717) is 0 Å². The monoisotopic (exact) mass is 381 g/mol. The quantitative estimate of drug-likeness (QED) is 0.692. The van der Waals surface area contributed by atoms with Gasteiger partial charge in [0.25, 0.3) is 0 Å². The van der Waals surface area contributed by atoms with Crippen LogP contribution in [0.1, 0.15) is 74.1 Å². The number of aryl methyl sites for hydroxylation is 1. The molecule has 1 unspecified atom stereocenters. The van der Waals surface area contributed by atoms with Crippen molar-refractivity contribution in [3.63, 3.8) is 0 Å². The van der Waals surface area contributed by atoms with Crippen molar-refractivity contribution in [1.29, 1.82) is 0 Å². The van der Waals surface area contributed by atoms with Crippen LogP contribution in [-0.2, 0) is 10.2 Å². The van der Waals surface area contributed by atoms with Crippen molar-refractivity contribution in [1.82, 2.24) is 0 Å². The van der Waals surface area contributed by atoms with E-state index in [-0.39, 0.29) is 22.9 Å². The molecule has 0 bridgehead atoms. The lowest BCUT2D eigenvalue weighted by molar-refractivity contribution is -0.104. The van der Waals surface area contributed by atoms with Crippen molar-refractivity contribution in [2.45, 2.75) is 75.3 Å². The van der Waals surface area contributed by atoms with Gasteiger partial charge in [0, 0.05) is 18.1 Å². The van der Waals surface area contributed by atoms with Gasteiger partial charge in [0.1, 0.15) is 5.82 Å². The summed E-state index contributed by atoms with van der Waals surface area (Å²) in [5.41, 5.74) is 10.3. The van der Waals surface area contributed by atoms with Crippen LogP contribution in [-0.4, -0.2) is 12.2 Å². The van der Waals surface area contributed by atoms with Crippen LogP contribution < -0.4 is 5.73 Å². The van der Waals surface area contributed by atoms with Gasteiger partial charge in [0.2, 0.25) is 0 Å². The predicted molar refractivity (Wildman–Crippen MR) is 112 cm³/mol. The minimum atomic E-state index is -0.169. The van der Waals surface area contributed by atoms with Crippen LogP contribution >= 0.6 is 0 Å².